The molecule has 1 heterocycles. The van der Waals surface area contributed by atoms with Crippen molar-refractivity contribution in [3.8, 4) is 0 Å². The molecule has 7 heteroatoms. The highest BCUT2D eigenvalue weighted by Gasteiger charge is 2.26. The van der Waals surface area contributed by atoms with Crippen LogP contribution in [0.4, 0.5) is 4.79 Å². The Morgan fingerprint density at radius 3 is 2.36 bits per heavy atom. The number of amides is 1. The average Bonchev–Trinajstić information content (AvgIpc) is 2.55. The molecule has 0 saturated carbocycles. The second-order valence-corrected chi connectivity index (χ2v) is 7.90. The Hall–Kier alpha value is -1.60. The van der Waals surface area contributed by atoms with Crippen LogP contribution in [0.1, 0.15) is 36.7 Å². The van der Waals surface area contributed by atoms with E-state index in [0.717, 1.165) is 29.7 Å². The number of carbonyl (C=O) groups excluding carboxylic acids is 2. The Morgan fingerprint density at radius 1 is 1.16 bits per heavy atom. The highest BCUT2D eigenvalue weighted by Crippen LogP contribution is 2.21. The number of hydrogen-bond acceptors (Lipinski definition) is 5. The second-order valence-electron chi connectivity index (χ2n) is 7.05. The number of hydrogen-bond donors (Lipinski definition) is 0. The SMILES string of the molecule is COC(=O)c1cc(CN2CCN(C(=O)OC(C)(C)C)CC2)ccc1Br. The number of ether oxygens (including phenoxy) is 2. The van der Waals surface area contributed by atoms with Gasteiger partial charge in [0.15, 0.2) is 0 Å². The van der Waals surface area contributed by atoms with E-state index in [1.54, 1.807) is 4.90 Å². The summed E-state index contributed by atoms with van der Waals surface area (Å²) in [6, 6.07) is 5.69. The standard InChI is InChI=1S/C18H25BrN2O4/c1-18(2,3)25-17(23)21-9-7-20(8-10-21)12-13-5-6-15(19)14(11-13)16(22)24-4/h5-6,11H,7-10,12H2,1-4H3. The highest BCUT2D eigenvalue weighted by molar-refractivity contribution is 9.10. The molecule has 25 heavy (non-hydrogen) atoms. The quantitative estimate of drug-likeness (QED) is 0.712. The summed E-state index contributed by atoms with van der Waals surface area (Å²) >= 11 is 3.37. The van der Waals surface area contributed by atoms with Crippen molar-refractivity contribution in [2.24, 2.45) is 0 Å². The van der Waals surface area contributed by atoms with Gasteiger partial charge in [-0.1, -0.05) is 6.07 Å². The minimum absolute atomic E-state index is 0.260. The van der Waals surface area contributed by atoms with Gasteiger partial charge in [0.2, 0.25) is 0 Å². The van der Waals surface area contributed by atoms with Crippen molar-refractivity contribution in [1.29, 1.82) is 0 Å². The minimum Gasteiger partial charge on any atom is -0.465 e. The van der Waals surface area contributed by atoms with Crippen LogP contribution in [0.2, 0.25) is 0 Å². The fourth-order valence-corrected chi connectivity index (χ4v) is 3.02. The first-order valence-electron chi connectivity index (χ1n) is 8.26. The lowest BCUT2D eigenvalue weighted by Gasteiger charge is -2.35. The van der Waals surface area contributed by atoms with Crippen LogP contribution < -0.4 is 0 Å². The van der Waals surface area contributed by atoms with E-state index in [4.69, 9.17) is 9.47 Å². The third kappa shape index (κ3) is 5.71. The topological polar surface area (TPSA) is 59.1 Å². The summed E-state index contributed by atoms with van der Waals surface area (Å²) in [7, 11) is 1.37. The molecule has 0 atom stereocenters. The van der Waals surface area contributed by atoms with Gasteiger partial charge in [-0.25, -0.2) is 9.59 Å². The average molecular weight is 413 g/mol. The van der Waals surface area contributed by atoms with Gasteiger partial charge in [0, 0.05) is 37.2 Å². The normalized spacial score (nSPS) is 15.8. The summed E-state index contributed by atoms with van der Waals surface area (Å²) in [5.41, 5.74) is 1.08. The number of rotatable bonds is 3. The van der Waals surface area contributed by atoms with Crippen molar-refractivity contribution in [3.05, 3.63) is 33.8 Å². The molecular weight excluding hydrogens is 388 g/mol. The van der Waals surface area contributed by atoms with Crippen LogP contribution in [0.25, 0.3) is 0 Å². The summed E-state index contributed by atoms with van der Waals surface area (Å²) in [5.74, 6) is -0.358. The first kappa shape index (κ1) is 19.7. The molecule has 0 unspecified atom stereocenters. The Bertz CT molecular complexity index is 634. The molecule has 1 fully saturated rings. The van der Waals surface area contributed by atoms with E-state index < -0.39 is 5.60 Å². The zero-order valence-corrected chi connectivity index (χ0v) is 16.8. The van der Waals surface area contributed by atoms with Crippen LogP contribution in [-0.2, 0) is 16.0 Å². The first-order chi connectivity index (χ1) is 11.7. The van der Waals surface area contributed by atoms with Crippen molar-refractivity contribution in [1.82, 2.24) is 9.80 Å². The molecular formula is C18H25BrN2O4. The van der Waals surface area contributed by atoms with Crippen LogP contribution >= 0.6 is 15.9 Å². The van der Waals surface area contributed by atoms with Gasteiger partial charge >= 0.3 is 12.1 Å². The maximum atomic E-state index is 12.1. The monoisotopic (exact) mass is 412 g/mol. The summed E-state index contributed by atoms with van der Waals surface area (Å²) in [6.45, 7) is 9.13. The molecule has 0 aliphatic carbocycles. The summed E-state index contributed by atoms with van der Waals surface area (Å²) < 4.78 is 10.9. The summed E-state index contributed by atoms with van der Waals surface area (Å²) in [5, 5.41) is 0. The smallest absolute Gasteiger partial charge is 0.410 e. The lowest BCUT2D eigenvalue weighted by Crippen LogP contribution is -2.49. The van der Waals surface area contributed by atoms with Gasteiger partial charge in [-0.15, -0.1) is 0 Å². The molecule has 1 aromatic carbocycles. The molecule has 0 bridgehead atoms. The highest BCUT2D eigenvalue weighted by atomic mass is 79.9. The van der Waals surface area contributed by atoms with Crippen molar-refractivity contribution in [2.45, 2.75) is 32.9 Å². The lowest BCUT2D eigenvalue weighted by atomic mass is 10.1. The molecule has 2 rings (SSSR count). The van der Waals surface area contributed by atoms with Gasteiger partial charge in [0.1, 0.15) is 5.60 Å². The number of halogens is 1. The summed E-state index contributed by atoms with van der Waals surface area (Å²) in [6.07, 6.45) is -0.260. The summed E-state index contributed by atoms with van der Waals surface area (Å²) in [4.78, 5) is 27.9. The molecule has 1 saturated heterocycles. The van der Waals surface area contributed by atoms with E-state index in [0.29, 0.717) is 18.7 Å². The number of benzene rings is 1. The van der Waals surface area contributed by atoms with Gasteiger partial charge in [-0.05, 0) is 54.4 Å². The van der Waals surface area contributed by atoms with Crippen molar-refractivity contribution in [3.63, 3.8) is 0 Å². The van der Waals surface area contributed by atoms with Crippen LogP contribution in [0, 0.1) is 0 Å². The van der Waals surface area contributed by atoms with Crippen LogP contribution in [0.5, 0.6) is 0 Å². The molecule has 0 aromatic heterocycles. The largest absolute Gasteiger partial charge is 0.465 e. The van der Waals surface area contributed by atoms with Crippen LogP contribution in [0.15, 0.2) is 22.7 Å². The molecule has 0 spiro atoms. The predicted molar refractivity (Wildman–Crippen MR) is 98.6 cm³/mol. The van der Waals surface area contributed by atoms with Gasteiger partial charge in [0.05, 0.1) is 12.7 Å². The zero-order valence-electron chi connectivity index (χ0n) is 15.2. The molecule has 138 valence electrons. The maximum Gasteiger partial charge on any atom is 0.410 e. The van der Waals surface area contributed by atoms with Gasteiger partial charge < -0.3 is 14.4 Å². The van der Waals surface area contributed by atoms with Gasteiger partial charge in [0.25, 0.3) is 0 Å². The number of piperazine rings is 1. The van der Waals surface area contributed by atoms with Crippen LogP contribution in [0.3, 0.4) is 0 Å². The fourth-order valence-electron chi connectivity index (χ4n) is 2.61. The van der Waals surface area contributed by atoms with E-state index in [-0.39, 0.29) is 12.1 Å². The van der Waals surface area contributed by atoms with E-state index in [1.807, 2.05) is 39.0 Å². The maximum absolute atomic E-state index is 12.1. The zero-order chi connectivity index (χ0) is 18.6. The Kier molecular flexibility index (Phi) is 6.46. The molecule has 1 aromatic rings. The molecule has 1 aliphatic heterocycles. The Labute approximate surface area is 157 Å². The van der Waals surface area contributed by atoms with E-state index in [1.165, 1.54) is 7.11 Å². The van der Waals surface area contributed by atoms with E-state index >= 15 is 0 Å². The Morgan fingerprint density at radius 2 is 1.80 bits per heavy atom. The fraction of sp³-hybridized carbons (Fsp3) is 0.556. The van der Waals surface area contributed by atoms with Crippen LogP contribution in [-0.4, -0.2) is 60.8 Å². The molecule has 1 amide bonds. The number of methoxy groups -OCH3 is 1. The molecule has 0 radical (unpaired) electrons. The van der Waals surface area contributed by atoms with Gasteiger partial charge in [-0.3, -0.25) is 4.90 Å². The second kappa shape index (κ2) is 8.19. The number of carbonyl (C=O) groups is 2. The predicted octanol–water partition coefficient (Wildman–Crippen LogP) is 3.29. The van der Waals surface area contributed by atoms with E-state index in [9.17, 15) is 9.59 Å². The van der Waals surface area contributed by atoms with Gasteiger partial charge in [-0.2, -0.15) is 0 Å². The molecule has 6 nitrogen and oxygen atoms in total. The molecule has 0 N–H and O–H groups in total. The first-order valence-corrected chi connectivity index (χ1v) is 9.06. The minimum atomic E-state index is -0.476. The Balaban J connectivity index is 1.92. The van der Waals surface area contributed by atoms with E-state index in [2.05, 4.69) is 20.8 Å². The third-order valence-electron chi connectivity index (χ3n) is 3.87. The van der Waals surface area contributed by atoms with Crippen molar-refractivity contribution >= 4 is 28.0 Å². The number of nitrogens with zero attached hydrogens (tertiary/aromatic N) is 2. The third-order valence-corrected chi connectivity index (χ3v) is 4.56. The number of esters is 1. The molecule has 1 aliphatic rings. The van der Waals surface area contributed by atoms with Crippen molar-refractivity contribution < 1.29 is 19.1 Å². The van der Waals surface area contributed by atoms with Crippen molar-refractivity contribution in [2.75, 3.05) is 33.3 Å². The lowest BCUT2D eigenvalue weighted by molar-refractivity contribution is 0.0138.